The fraction of sp³-hybridized carbons (Fsp3) is 0.261. The number of esters is 2. The van der Waals surface area contributed by atoms with Crippen LogP contribution in [0.15, 0.2) is 42.5 Å². The third-order valence-electron chi connectivity index (χ3n) is 5.06. The Morgan fingerprint density at radius 1 is 1.06 bits per heavy atom. The first-order chi connectivity index (χ1) is 15.5. The van der Waals surface area contributed by atoms with Gasteiger partial charge in [0.1, 0.15) is 11.3 Å². The summed E-state index contributed by atoms with van der Waals surface area (Å²) in [6, 6.07) is 11.3. The molecule has 0 bridgehead atoms. The molecule has 1 heterocycles. The van der Waals surface area contributed by atoms with E-state index < -0.39 is 33.7 Å². The molecule has 0 amide bonds. The maximum atomic E-state index is 12.8. The number of rotatable bonds is 5. The first-order valence-corrected chi connectivity index (χ1v) is 9.88. The van der Waals surface area contributed by atoms with Crippen molar-refractivity contribution in [1.29, 1.82) is 0 Å². The molecule has 1 N–H and O–H groups in total. The number of para-hydroxylation sites is 1. The van der Waals surface area contributed by atoms with E-state index in [9.17, 15) is 24.8 Å². The third-order valence-corrected chi connectivity index (χ3v) is 5.06. The molecule has 3 aromatic rings. The largest absolute Gasteiger partial charge is 0.502 e. The molecule has 0 aliphatic heterocycles. The number of methoxy groups -OCH3 is 2. The van der Waals surface area contributed by atoms with Gasteiger partial charge in [-0.1, -0.05) is 39.0 Å². The Balaban J connectivity index is 2.49. The first kappa shape index (κ1) is 23.5. The van der Waals surface area contributed by atoms with Crippen molar-refractivity contribution < 1.29 is 29.1 Å². The van der Waals surface area contributed by atoms with Crippen LogP contribution in [0.5, 0.6) is 5.75 Å². The fourth-order valence-electron chi connectivity index (χ4n) is 3.32. The normalized spacial score (nSPS) is 11.2. The van der Waals surface area contributed by atoms with E-state index in [4.69, 9.17) is 9.47 Å². The maximum absolute atomic E-state index is 12.8. The van der Waals surface area contributed by atoms with Crippen molar-refractivity contribution in [2.24, 2.45) is 0 Å². The summed E-state index contributed by atoms with van der Waals surface area (Å²) in [6.07, 6.45) is 0. The summed E-state index contributed by atoms with van der Waals surface area (Å²) in [7, 11) is 2.27. The van der Waals surface area contributed by atoms with Gasteiger partial charge in [0.2, 0.25) is 5.75 Å². The lowest BCUT2D eigenvalue weighted by atomic mass is 9.85. The van der Waals surface area contributed by atoms with Gasteiger partial charge in [0.15, 0.2) is 5.69 Å². The van der Waals surface area contributed by atoms with E-state index in [1.54, 1.807) is 30.3 Å². The highest BCUT2D eigenvalue weighted by Gasteiger charge is 2.34. The Morgan fingerprint density at radius 3 is 2.18 bits per heavy atom. The van der Waals surface area contributed by atoms with Crippen molar-refractivity contribution in [3.63, 3.8) is 0 Å². The number of aromatic nitrogens is 2. The Bertz CT molecular complexity index is 1240. The molecule has 0 spiro atoms. The number of phenols is 1. The smallest absolute Gasteiger partial charge is 0.357 e. The number of hydrogen-bond acceptors (Lipinski definition) is 8. The molecule has 0 saturated heterocycles. The number of carbonyl (C=O) groups excluding carboxylic acids is 2. The van der Waals surface area contributed by atoms with Gasteiger partial charge in [-0.05, 0) is 29.2 Å². The summed E-state index contributed by atoms with van der Waals surface area (Å²) >= 11 is 0. The number of carbonyl (C=O) groups is 2. The Hall–Kier alpha value is -4.21. The molecular weight excluding hydrogens is 430 g/mol. The van der Waals surface area contributed by atoms with Gasteiger partial charge >= 0.3 is 17.6 Å². The number of nitro benzene ring substituents is 1. The quantitative estimate of drug-likeness (QED) is 0.348. The predicted octanol–water partition coefficient (Wildman–Crippen LogP) is 4.02. The van der Waals surface area contributed by atoms with Crippen LogP contribution in [0.3, 0.4) is 0 Å². The van der Waals surface area contributed by atoms with Crippen LogP contribution in [0.25, 0.3) is 16.9 Å². The van der Waals surface area contributed by atoms with E-state index in [1.807, 2.05) is 20.8 Å². The monoisotopic (exact) mass is 453 g/mol. The summed E-state index contributed by atoms with van der Waals surface area (Å²) in [6.45, 7) is 5.53. The zero-order valence-corrected chi connectivity index (χ0v) is 18.8. The molecule has 0 saturated carbocycles. The van der Waals surface area contributed by atoms with Crippen LogP contribution < -0.4 is 0 Å². The molecule has 0 aliphatic rings. The van der Waals surface area contributed by atoms with E-state index in [0.717, 1.165) is 14.2 Å². The van der Waals surface area contributed by atoms with Crippen molar-refractivity contribution in [3.8, 4) is 22.7 Å². The summed E-state index contributed by atoms with van der Waals surface area (Å²) in [5.74, 6) is -2.48. The molecular formula is C23H23N3O7. The Labute approximate surface area is 189 Å². The third kappa shape index (κ3) is 4.27. The molecule has 33 heavy (non-hydrogen) atoms. The molecule has 2 aromatic carbocycles. The predicted molar refractivity (Wildman–Crippen MR) is 119 cm³/mol. The van der Waals surface area contributed by atoms with E-state index >= 15 is 0 Å². The van der Waals surface area contributed by atoms with Crippen molar-refractivity contribution in [2.75, 3.05) is 14.2 Å². The number of hydrogen-bond donors (Lipinski definition) is 1. The van der Waals surface area contributed by atoms with Crippen molar-refractivity contribution >= 4 is 17.6 Å². The molecule has 10 heteroatoms. The summed E-state index contributed by atoms with van der Waals surface area (Å²) in [4.78, 5) is 36.5. The summed E-state index contributed by atoms with van der Waals surface area (Å²) in [5.41, 5.74) is -0.917. The summed E-state index contributed by atoms with van der Waals surface area (Å²) in [5, 5.41) is 26.9. The molecule has 0 fully saturated rings. The lowest BCUT2D eigenvalue weighted by molar-refractivity contribution is -0.385. The number of phenolic OH excluding ortho intramolecular Hbond substituents is 1. The van der Waals surface area contributed by atoms with Gasteiger partial charge in [-0.15, -0.1) is 0 Å². The highest BCUT2D eigenvalue weighted by atomic mass is 16.6. The zero-order chi connectivity index (χ0) is 24.5. The van der Waals surface area contributed by atoms with Gasteiger partial charge < -0.3 is 14.6 Å². The second-order valence-electron chi connectivity index (χ2n) is 8.20. The Kier molecular flexibility index (Phi) is 6.21. The van der Waals surface area contributed by atoms with Crippen LogP contribution in [-0.4, -0.2) is 46.0 Å². The van der Waals surface area contributed by atoms with Crippen molar-refractivity contribution in [2.45, 2.75) is 26.2 Å². The van der Waals surface area contributed by atoms with Gasteiger partial charge in [0, 0.05) is 6.07 Å². The maximum Gasteiger partial charge on any atom is 0.357 e. The average Bonchev–Trinajstić information content (AvgIpc) is 3.18. The van der Waals surface area contributed by atoms with Crippen molar-refractivity contribution in [1.82, 2.24) is 9.78 Å². The van der Waals surface area contributed by atoms with Gasteiger partial charge in [-0.2, -0.15) is 5.10 Å². The molecule has 3 rings (SSSR count). The molecule has 0 atom stereocenters. The standard InChI is InChI=1S/C23H23N3O7/c1-23(2,3)13-11-15(20(27)16(12-13)26(30)31)18-17(21(28)32-4)19(22(29)33-5)25(24-18)14-9-7-6-8-10-14/h6-12,27H,1-5H3. The van der Waals surface area contributed by atoms with Crippen LogP contribution in [0, 0.1) is 10.1 Å². The lowest BCUT2D eigenvalue weighted by Gasteiger charge is -2.20. The van der Waals surface area contributed by atoms with E-state index in [2.05, 4.69) is 5.10 Å². The lowest BCUT2D eigenvalue weighted by Crippen LogP contribution is -2.15. The molecule has 172 valence electrons. The first-order valence-electron chi connectivity index (χ1n) is 9.88. The summed E-state index contributed by atoms with van der Waals surface area (Å²) < 4.78 is 10.9. The molecule has 0 unspecified atom stereocenters. The minimum absolute atomic E-state index is 0.0886. The highest BCUT2D eigenvalue weighted by molar-refractivity contribution is 6.07. The van der Waals surface area contributed by atoms with E-state index in [0.29, 0.717) is 11.3 Å². The number of aromatic hydroxyl groups is 1. The van der Waals surface area contributed by atoms with Crippen LogP contribution in [0.1, 0.15) is 47.2 Å². The number of nitrogens with zero attached hydrogens (tertiary/aromatic N) is 3. The molecule has 0 radical (unpaired) electrons. The van der Waals surface area contributed by atoms with Crippen LogP contribution in [-0.2, 0) is 14.9 Å². The van der Waals surface area contributed by atoms with Crippen LogP contribution in [0.4, 0.5) is 5.69 Å². The van der Waals surface area contributed by atoms with Gasteiger partial charge in [0.05, 0.1) is 30.4 Å². The fourth-order valence-corrected chi connectivity index (χ4v) is 3.32. The molecule has 1 aromatic heterocycles. The zero-order valence-electron chi connectivity index (χ0n) is 18.8. The minimum Gasteiger partial charge on any atom is -0.502 e. The second-order valence-corrected chi connectivity index (χ2v) is 8.20. The van der Waals surface area contributed by atoms with Gasteiger partial charge in [0.25, 0.3) is 0 Å². The Morgan fingerprint density at radius 2 is 1.67 bits per heavy atom. The molecule has 0 aliphatic carbocycles. The van der Waals surface area contributed by atoms with Gasteiger partial charge in [-0.25, -0.2) is 14.3 Å². The average molecular weight is 453 g/mol. The number of nitro groups is 1. The van der Waals surface area contributed by atoms with E-state index in [1.165, 1.54) is 16.8 Å². The SMILES string of the molecule is COC(=O)c1c(-c2cc(C(C)(C)C)cc([N+](=O)[O-])c2O)nn(-c2ccccc2)c1C(=O)OC. The van der Waals surface area contributed by atoms with Gasteiger partial charge in [-0.3, -0.25) is 10.1 Å². The highest BCUT2D eigenvalue weighted by Crippen LogP contribution is 2.42. The van der Waals surface area contributed by atoms with Crippen LogP contribution in [0.2, 0.25) is 0 Å². The topological polar surface area (TPSA) is 134 Å². The number of benzene rings is 2. The van der Waals surface area contributed by atoms with Crippen molar-refractivity contribution in [3.05, 3.63) is 69.4 Å². The van der Waals surface area contributed by atoms with E-state index in [-0.39, 0.29) is 22.5 Å². The second kappa shape index (κ2) is 8.73. The number of ether oxygens (including phenoxy) is 2. The molecule has 10 nitrogen and oxygen atoms in total. The van der Waals surface area contributed by atoms with Crippen LogP contribution >= 0.6 is 0 Å². The minimum atomic E-state index is -0.921.